The lowest BCUT2D eigenvalue weighted by molar-refractivity contribution is 0.142. The van der Waals surface area contributed by atoms with Crippen LogP contribution in [0.3, 0.4) is 0 Å². The lowest BCUT2D eigenvalue weighted by Crippen LogP contribution is -2.20. The van der Waals surface area contributed by atoms with Crippen LogP contribution in [0.5, 0.6) is 0 Å². The maximum absolute atomic E-state index is 5.30. The van der Waals surface area contributed by atoms with Crippen LogP contribution in [0.2, 0.25) is 0 Å². The molecule has 21 heavy (non-hydrogen) atoms. The summed E-state index contributed by atoms with van der Waals surface area (Å²) in [6, 6.07) is 0. The van der Waals surface area contributed by atoms with Crippen LogP contribution in [0.4, 0.5) is 0 Å². The van der Waals surface area contributed by atoms with Crippen LogP contribution in [-0.2, 0) is 4.74 Å². The molecule has 118 valence electrons. The molecular weight excluding hydrogens is 258 g/mol. The molecule has 2 heteroatoms. The Kier molecular flexibility index (Phi) is 11.3. The summed E-state index contributed by atoms with van der Waals surface area (Å²) in [5.74, 6) is 0. The van der Waals surface area contributed by atoms with Gasteiger partial charge in [0, 0.05) is 20.2 Å². The molecule has 1 atom stereocenters. The van der Waals surface area contributed by atoms with Gasteiger partial charge in [-0.25, -0.2) is 0 Å². The van der Waals surface area contributed by atoms with Crippen molar-refractivity contribution < 1.29 is 4.74 Å². The normalized spacial score (nSPS) is 18.0. The van der Waals surface area contributed by atoms with E-state index in [1.54, 1.807) is 7.11 Å². The van der Waals surface area contributed by atoms with E-state index in [1.807, 2.05) is 26.8 Å². The van der Waals surface area contributed by atoms with Gasteiger partial charge in [-0.2, -0.15) is 0 Å². The molecule has 0 N–H and O–H groups in total. The van der Waals surface area contributed by atoms with Gasteiger partial charge in [-0.05, 0) is 38.1 Å². The van der Waals surface area contributed by atoms with Gasteiger partial charge in [0.05, 0.1) is 6.10 Å². The summed E-state index contributed by atoms with van der Waals surface area (Å²) in [5.41, 5.74) is 2.52. The topological polar surface area (TPSA) is 12.5 Å². The number of nitrogens with zero attached hydrogens (tertiary/aromatic N) is 1. The summed E-state index contributed by atoms with van der Waals surface area (Å²) in [5, 5.41) is 0. The molecule has 0 fully saturated rings. The van der Waals surface area contributed by atoms with Gasteiger partial charge in [0.1, 0.15) is 0 Å². The van der Waals surface area contributed by atoms with Crippen molar-refractivity contribution in [1.82, 2.24) is 4.90 Å². The Morgan fingerprint density at radius 3 is 2.67 bits per heavy atom. The van der Waals surface area contributed by atoms with E-state index in [4.69, 9.17) is 4.74 Å². The minimum atomic E-state index is 0.243. The second-order valence-electron chi connectivity index (χ2n) is 4.67. The van der Waals surface area contributed by atoms with Crippen molar-refractivity contribution in [2.45, 2.75) is 40.2 Å². The molecule has 1 aliphatic carbocycles. The second-order valence-corrected chi connectivity index (χ2v) is 4.67. The average molecular weight is 289 g/mol. The third-order valence-electron chi connectivity index (χ3n) is 3.21. The predicted octanol–water partition coefficient (Wildman–Crippen LogP) is 4.88. The van der Waals surface area contributed by atoms with Crippen molar-refractivity contribution in [3.63, 3.8) is 0 Å². The molecule has 0 saturated carbocycles. The van der Waals surface area contributed by atoms with Gasteiger partial charge in [-0.3, -0.25) is 0 Å². The highest BCUT2D eigenvalue weighted by Gasteiger charge is 2.08. The maximum Gasteiger partial charge on any atom is 0.0789 e. The summed E-state index contributed by atoms with van der Waals surface area (Å²) in [6.07, 6.45) is 15.9. The number of ether oxygens (including phenoxy) is 1. The quantitative estimate of drug-likeness (QED) is 0.619. The number of methoxy groups -OCH3 is 1. The van der Waals surface area contributed by atoms with E-state index in [2.05, 4.69) is 55.0 Å². The van der Waals surface area contributed by atoms with E-state index in [9.17, 15) is 0 Å². The number of rotatable bonds is 7. The predicted molar refractivity (Wildman–Crippen MR) is 94.3 cm³/mol. The molecule has 0 heterocycles. The van der Waals surface area contributed by atoms with Gasteiger partial charge in [-0.15, -0.1) is 0 Å². The molecule has 0 aliphatic heterocycles. The molecule has 0 radical (unpaired) electrons. The van der Waals surface area contributed by atoms with Crippen molar-refractivity contribution in [1.29, 1.82) is 0 Å². The first-order valence-electron chi connectivity index (χ1n) is 7.81. The summed E-state index contributed by atoms with van der Waals surface area (Å²) in [4.78, 5) is 2.29. The van der Waals surface area contributed by atoms with Crippen molar-refractivity contribution in [2.75, 3.05) is 20.2 Å². The third kappa shape index (κ3) is 8.36. The minimum absolute atomic E-state index is 0.243. The molecule has 0 amide bonds. The smallest absolute Gasteiger partial charge is 0.0789 e. The second kappa shape index (κ2) is 12.2. The highest BCUT2D eigenvalue weighted by Crippen LogP contribution is 2.14. The van der Waals surface area contributed by atoms with E-state index in [1.165, 1.54) is 11.1 Å². The van der Waals surface area contributed by atoms with E-state index < -0.39 is 0 Å². The zero-order valence-corrected chi connectivity index (χ0v) is 14.3. The van der Waals surface area contributed by atoms with Crippen LogP contribution in [-0.4, -0.2) is 31.2 Å². The van der Waals surface area contributed by atoms with Gasteiger partial charge in [0.2, 0.25) is 0 Å². The van der Waals surface area contributed by atoms with E-state index in [-0.39, 0.29) is 6.10 Å². The summed E-state index contributed by atoms with van der Waals surface area (Å²) < 4.78 is 5.30. The van der Waals surface area contributed by atoms with Gasteiger partial charge in [0.15, 0.2) is 0 Å². The SMILES string of the molecule is C=C/C(C)=C\C=C\N(CC)CC1=CCC(OC)C=C1.CC. The Balaban J connectivity index is 0.00000191. The Labute approximate surface area is 131 Å². The summed E-state index contributed by atoms with van der Waals surface area (Å²) in [6.45, 7) is 13.9. The van der Waals surface area contributed by atoms with Gasteiger partial charge in [0.25, 0.3) is 0 Å². The van der Waals surface area contributed by atoms with Crippen LogP contribution in [0.25, 0.3) is 0 Å². The molecule has 1 rings (SSSR count). The van der Waals surface area contributed by atoms with Gasteiger partial charge < -0.3 is 9.64 Å². The molecule has 0 aromatic rings. The number of hydrogen-bond acceptors (Lipinski definition) is 2. The van der Waals surface area contributed by atoms with Crippen molar-refractivity contribution >= 4 is 0 Å². The molecule has 2 nitrogen and oxygen atoms in total. The maximum atomic E-state index is 5.30. The lowest BCUT2D eigenvalue weighted by Gasteiger charge is -2.21. The first kappa shape index (κ1) is 19.5. The van der Waals surface area contributed by atoms with E-state index in [0.29, 0.717) is 0 Å². The molecule has 0 aromatic heterocycles. The van der Waals surface area contributed by atoms with Crippen LogP contribution >= 0.6 is 0 Å². The van der Waals surface area contributed by atoms with E-state index in [0.717, 1.165) is 19.5 Å². The fraction of sp³-hybridized carbons (Fsp3) is 0.474. The van der Waals surface area contributed by atoms with Crippen LogP contribution < -0.4 is 0 Å². The Bertz CT molecular complexity index is 402. The van der Waals surface area contributed by atoms with Crippen molar-refractivity contribution in [3.05, 3.63) is 60.4 Å². The van der Waals surface area contributed by atoms with Crippen LogP contribution in [0.1, 0.15) is 34.1 Å². The Morgan fingerprint density at radius 2 is 2.19 bits per heavy atom. The first-order chi connectivity index (χ1) is 10.2. The minimum Gasteiger partial charge on any atom is -0.377 e. The van der Waals surface area contributed by atoms with Crippen LogP contribution in [0.15, 0.2) is 60.4 Å². The number of hydrogen-bond donors (Lipinski definition) is 0. The highest BCUT2D eigenvalue weighted by atomic mass is 16.5. The first-order valence-corrected chi connectivity index (χ1v) is 7.81. The highest BCUT2D eigenvalue weighted by molar-refractivity contribution is 5.26. The summed E-state index contributed by atoms with van der Waals surface area (Å²) >= 11 is 0. The summed E-state index contributed by atoms with van der Waals surface area (Å²) in [7, 11) is 1.75. The fourth-order valence-electron chi connectivity index (χ4n) is 1.83. The molecule has 0 bridgehead atoms. The van der Waals surface area contributed by atoms with Gasteiger partial charge >= 0.3 is 0 Å². The zero-order chi connectivity index (χ0) is 16.1. The monoisotopic (exact) mass is 289 g/mol. The fourth-order valence-corrected chi connectivity index (χ4v) is 1.83. The largest absolute Gasteiger partial charge is 0.377 e. The molecule has 1 aliphatic rings. The lowest BCUT2D eigenvalue weighted by atomic mass is 10.0. The Morgan fingerprint density at radius 1 is 1.48 bits per heavy atom. The standard InChI is InChI=1S/C17H25NO.C2H6/c1-5-15(3)8-7-13-18(6-2)14-16-9-11-17(19-4)12-10-16;1-2/h5,7-11,13,17H,1,6,12,14H2,2-4H3;1-2H3/b13-7+,15-8-;. The van der Waals surface area contributed by atoms with Crippen molar-refractivity contribution in [2.24, 2.45) is 0 Å². The molecule has 0 spiro atoms. The third-order valence-corrected chi connectivity index (χ3v) is 3.21. The van der Waals surface area contributed by atoms with E-state index >= 15 is 0 Å². The molecule has 1 unspecified atom stereocenters. The molecular formula is C19H31NO. The molecule has 0 aromatic carbocycles. The Hall–Kier alpha value is -1.54. The van der Waals surface area contributed by atoms with Crippen LogP contribution in [0, 0.1) is 0 Å². The van der Waals surface area contributed by atoms with Gasteiger partial charge in [-0.1, -0.05) is 56.4 Å². The number of likely N-dealkylation sites (N-methyl/N-ethyl adjacent to an activating group) is 1. The average Bonchev–Trinajstić information content (AvgIpc) is 2.56. The number of allylic oxidation sites excluding steroid dienone is 4. The van der Waals surface area contributed by atoms with Crippen molar-refractivity contribution in [3.8, 4) is 0 Å². The molecule has 0 saturated heterocycles. The zero-order valence-electron chi connectivity index (χ0n) is 14.3.